The molecule has 0 bridgehead atoms. The first-order valence-electron chi connectivity index (χ1n) is 8.82. The Labute approximate surface area is 158 Å². The fourth-order valence-corrected chi connectivity index (χ4v) is 3.72. The summed E-state index contributed by atoms with van der Waals surface area (Å²) in [5, 5.41) is 6.87. The van der Waals surface area contributed by atoms with E-state index in [2.05, 4.69) is 75.7 Å². The molecule has 1 aliphatic rings. The van der Waals surface area contributed by atoms with Crippen LogP contribution in [0, 0.1) is 6.92 Å². The number of nitrogens with zero attached hydrogens (tertiary/aromatic N) is 2. The Hall–Kier alpha value is -1.88. The van der Waals surface area contributed by atoms with Gasteiger partial charge in [0.15, 0.2) is 5.96 Å². The van der Waals surface area contributed by atoms with Crippen LogP contribution >= 0.6 is 15.9 Å². The molecule has 0 radical (unpaired) electrons. The molecule has 4 nitrogen and oxygen atoms in total. The molecule has 1 aliphatic carbocycles. The molecule has 1 aromatic heterocycles. The van der Waals surface area contributed by atoms with E-state index in [0.29, 0.717) is 6.54 Å². The second kappa shape index (κ2) is 8.00. The van der Waals surface area contributed by atoms with Gasteiger partial charge in [0, 0.05) is 29.2 Å². The van der Waals surface area contributed by atoms with Crippen molar-refractivity contribution in [3.63, 3.8) is 0 Å². The molecule has 3 rings (SSSR count). The highest BCUT2D eigenvalue weighted by atomic mass is 79.9. The van der Waals surface area contributed by atoms with E-state index in [9.17, 15) is 0 Å². The van der Waals surface area contributed by atoms with Crippen LogP contribution in [0.1, 0.15) is 36.6 Å². The number of nitrogens with one attached hydrogen (secondary N) is 2. The van der Waals surface area contributed by atoms with E-state index in [0.717, 1.165) is 24.7 Å². The average Bonchev–Trinajstić information content (AvgIpc) is 3.40. The first kappa shape index (κ1) is 17.9. The van der Waals surface area contributed by atoms with E-state index in [4.69, 9.17) is 4.99 Å². The van der Waals surface area contributed by atoms with Crippen LogP contribution in [-0.2, 0) is 12.0 Å². The van der Waals surface area contributed by atoms with Gasteiger partial charge in [0.2, 0.25) is 0 Å². The summed E-state index contributed by atoms with van der Waals surface area (Å²) < 4.78 is 1.19. The Morgan fingerprint density at radius 2 is 2.00 bits per heavy atom. The van der Waals surface area contributed by atoms with Gasteiger partial charge >= 0.3 is 0 Å². The number of halogens is 1. The van der Waals surface area contributed by atoms with Gasteiger partial charge in [0.1, 0.15) is 0 Å². The number of benzene rings is 1. The van der Waals surface area contributed by atoms with Gasteiger partial charge < -0.3 is 10.6 Å². The van der Waals surface area contributed by atoms with Crippen molar-refractivity contribution in [2.45, 2.75) is 38.6 Å². The van der Waals surface area contributed by atoms with E-state index in [-0.39, 0.29) is 5.41 Å². The first-order chi connectivity index (χ1) is 12.1. The summed E-state index contributed by atoms with van der Waals surface area (Å²) in [6, 6.07) is 12.6. The minimum absolute atomic E-state index is 0.219. The Bertz CT molecular complexity index is 753. The monoisotopic (exact) mass is 400 g/mol. The van der Waals surface area contributed by atoms with Crippen molar-refractivity contribution in [2.75, 3.05) is 13.1 Å². The largest absolute Gasteiger partial charge is 0.357 e. The second-order valence-electron chi connectivity index (χ2n) is 6.58. The first-order valence-corrected chi connectivity index (χ1v) is 9.61. The Morgan fingerprint density at radius 1 is 1.20 bits per heavy atom. The molecule has 25 heavy (non-hydrogen) atoms. The highest BCUT2D eigenvalue weighted by molar-refractivity contribution is 9.10. The maximum Gasteiger partial charge on any atom is 0.191 e. The van der Waals surface area contributed by atoms with Crippen molar-refractivity contribution in [2.24, 2.45) is 4.99 Å². The van der Waals surface area contributed by atoms with Crippen LogP contribution in [-0.4, -0.2) is 24.0 Å². The summed E-state index contributed by atoms with van der Waals surface area (Å²) in [6.07, 6.45) is 4.24. The van der Waals surface area contributed by atoms with Gasteiger partial charge in [-0.05, 0) is 49.9 Å². The molecule has 0 unspecified atom stereocenters. The number of aromatic nitrogens is 1. The molecule has 132 valence electrons. The van der Waals surface area contributed by atoms with Crippen molar-refractivity contribution in [3.05, 3.63) is 63.9 Å². The predicted octanol–water partition coefficient (Wildman–Crippen LogP) is 3.94. The Morgan fingerprint density at radius 3 is 2.68 bits per heavy atom. The summed E-state index contributed by atoms with van der Waals surface area (Å²) in [7, 11) is 0. The summed E-state index contributed by atoms with van der Waals surface area (Å²) in [5.74, 6) is 0.853. The molecule has 1 fully saturated rings. The highest BCUT2D eigenvalue weighted by Crippen LogP contribution is 2.49. The fraction of sp³-hybridized carbons (Fsp3) is 0.400. The van der Waals surface area contributed by atoms with Crippen LogP contribution in [0.2, 0.25) is 0 Å². The second-order valence-corrected chi connectivity index (χ2v) is 7.43. The third-order valence-electron chi connectivity index (χ3n) is 4.74. The average molecular weight is 401 g/mol. The van der Waals surface area contributed by atoms with Crippen molar-refractivity contribution in [1.29, 1.82) is 0 Å². The SMILES string of the molecule is CCNC(=NCc1ncccc1C)NCC1(c2ccccc2Br)CC1. The van der Waals surface area contributed by atoms with Gasteiger partial charge in [-0.2, -0.15) is 0 Å². The van der Waals surface area contributed by atoms with Crippen molar-refractivity contribution < 1.29 is 0 Å². The molecule has 0 saturated heterocycles. The van der Waals surface area contributed by atoms with Crippen molar-refractivity contribution in [3.8, 4) is 0 Å². The van der Waals surface area contributed by atoms with E-state index in [1.165, 1.54) is 28.4 Å². The highest BCUT2D eigenvalue weighted by Gasteiger charge is 2.45. The number of guanidine groups is 1. The van der Waals surface area contributed by atoms with Crippen LogP contribution in [0.25, 0.3) is 0 Å². The zero-order valence-corrected chi connectivity index (χ0v) is 16.4. The molecule has 0 amide bonds. The van der Waals surface area contributed by atoms with Crippen molar-refractivity contribution >= 4 is 21.9 Å². The Kier molecular flexibility index (Phi) is 5.74. The Balaban J connectivity index is 1.67. The number of hydrogen-bond donors (Lipinski definition) is 2. The molecule has 5 heteroatoms. The topological polar surface area (TPSA) is 49.3 Å². The van der Waals surface area contributed by atoms with Gasteiger partial charge in [0.05, 0.1) is 12.2 Å². The normalized spacial score (nSPS) is 15.7. The molecular weight excluding hydrogens is 376 g/mol. The zero-order valence-electron chi connectivity index (χ0n) is 14.8. The van der Waals surface area contributed by atoms with Gasteiger partial charge in [-0.25, -0.2) is 4.99 Å². The molecular formula is C20H25BrN4. The van der Waals surface area contributed by atoms with Gasteiger partial charge in [0.25, 0.3) is 0 Å². The van der Waals surface area contributed by atoms with E-state index < -0.39 is 0 Å². The molecule has 1 saturated carbocycles. The third kappa shape index (κ3) is 4.40. The number of rotatable bonds is 6. The van der Waals surface area contributed by atoms with E-state index in [1.807, 2.05) is 12.3 Å². The van der Waals surface area contributed by atoms with Crippen molar-refractivity contribution in [1.82, 2.24) is 15.6 Å². The third-order valence-corrected chi connectivity index (χ3v) is 5.43. The molecule has 0 atom stereocenters. The maximum absolute atomic E-state index is 4.71. The van der Waals surface area contributed by atoms with Crippen LogP contribution in [0.5, 0.6) is 0 Å². The summed E-state index contributed by atoms with van der Waals surface area (Å²) in [5.41, 5.74) is 3.80. The van der Waals surface area contributed by atoms with Gasteiger partial charge in [-0.3, -0.25) is 4.98 Å². The minimum atomic E-state index is 0.219. The van der Waals surface area contributed by atoms with Crippen LogP contribution in [0.15, 0.2) is 52.1 Å². The fourth-order valence-electron chi connectivity index (χ4n) is 3.02. The summed E-state index contributed by atoms with van der Waals surface area (Å²) in [4.78, 5) is 9.13. The minimum Gasteiger partial charge on any atom is -0.357 e. The zero-order chi connectivity index (χ0) is 17.7. The molecule has 1 heterocycles. The lowest BCUT2D eigenvalue weighted by molar-refractivity contribution is 0.643. The van der Waals surface area contributed by atoms with Crippen LogP contribution in [0.3, 0.4) is 0 Å². The number of aryl methyl sites for hydroxylation is 1. The lowest BCUT2D eigenvalue weighted by Gasteiger charge is -2.20. The molecule has 1 aromatic carbocycles. The predicted molar refractivity (Wildman–Crippen MR) is 107 cm³/mol. The molecule has 0 aliphatic heterocycles. The van der Waals surface area contributed by atoms with Crippen LogP contribution < -0.4 is 10.6 Å². The quantitative estimate of drug-likeness (QED) is 0.570. The molecule has 2 N–H and O–H groups in total. The number of pyridine rings is 1. The van der Waals surface area contributed by atoms with Crippen LogP contribution in [0.4, 0.5) is 0 Å². The lowest BCUT2D eigenvalue weighted by atomic mass is 9.96. The van der Waals surface area contributed by atoms with E-state index >= 15 is 0 Å². The maximum atomic E-state index is 4.71. The number of hydrogen-bond acceptors (Lipinski definition) is 2. The number of aliphatic imine (C=N–C) groups is 1. The standard InChI is InChI=1S/C20H25BrN4/c1-3-22-19(24-13-18-15(2)7-6-12-23-18)25-14-20(10-11-20)16-8-4-5-9-17(16)21/h4-9,12H,3,10-11,13-14H2,1-2H3,(H2,22,24,25). The lowest BCUT2D eigenvalue weighted by Crippen LogP contribution is -2.41. The van der Waals surface area contributed by atoms with Gasteiger partial charge in [-0.15, -0.1) is 0 Å². The summed E-state index contributed by atoms with van der Waals surface area (Å²) in [6.45, 7) is 6.48. The molecule has 0 spiro atoms. The molecule has 2 aromatic rings. The van der Waals surface area contributed by atoms with Gasteiger partial charge in [-0.1, -0.05) is 40.2 Å². The summed E-state index contributed by atoms with van der Waals surface area (Å²) >= 11 is 3.70. The van der Waals surface area contributed by atoms with E-state index in [1.54, 1.807) is 0 Å². The smallest absolute Gasteiger partial charge is 0.191 e.